The Hall–Kier alpha value is -4.05. The zero-order valence-electron chi connectivity index (χ0n) is 20.8. The third-order valence-corrected chi connectivity index (χ3v) is 6.41. The van der Waals surface area contributed by atoms with Crippen molar-refractivity contribution in [2.75, 3.05) is 26.6 Å². The first-order valence-electron chi connectivity index (χ1n) is 11.6. The molecule has 194 valence electrons. The lowest BCUT2D eigenvalue weighted by Gasteiger charge is -2.16. The van der Waals surface area contributed by atoms with Crippen LogP contribution >= 0.6 is 11.6 Å². The van der Waals surface area contributed by atoms with E-state index in [2.05, 4.69) is 10.3 Å². The lowest BCUT2D eigenvalue weighted by Crippen LogP contribution is -2.09. The Morgan fingerprint density at radius 2 is 1.82 bits per heavy atom. The normalized spacial score (nSPS) is 13.1. The summed E-state index contributed by atoms with van der Waals surface area (Å²) >= 11 is 6.37. The van der Waals surface area contributed by atoms with E-state index < -0.39 is 12.1 Å². The Bertz CT molecular complexity index is 1550. The number of aliphatic hydroxyl groups is 1. The molecule has 4 aromatic rings. The molecule has 5 rings (SSSR count). The van der Waals surface area contributed by atoms with Crippen molar-refractivity contribution in [1.82, 2.24) is 9.97 Å². The van der Waals surface area contributed by atoms with Crippen LogP contribution in [0.15, 0.2) is 65.8 Å². The number of aliphatic imine (C=N–C) groups is 1. The van der Waals surface area contributed by atoms with E-state index in [0.717, 1.165) is 11.1 Å². The Balaban J connectivity index is 1.57. The molecule has 38 heavy (non-hydrogen) atoms. The summed E-state index contributed by atoms with van der Waals surface area (Å²) in [4.78, 5) is 14.0. The molecule has 1 unspecified atom stereocenters. The molecule has 0 saturated carbocycles. The number of aliphatic hydroxyl groups excluding tert-OH is 1. The number of hydrogen-bond donors (Lipinski definition) is 2. The van der Waals surface area contributed by atoms with Gasteiger partial charge in [-0.25, -0.2) is 14.4 Å². The minimum Gasteiger partial charge on any atom is -0.496 e. The highest BCUT2D eigenvalue weighted by molar-refractivity contribution is 6.31. The maximum Gasteiger partial charge on any atom is 0.227 e. The Labute approximate surface area is 223 Å². The van der Waals surface area contributed by atoms with Crippen LogP contribution in [0, 0.1) is 5.82 Å². The summed E-state index contributed by atoms with van der Waals surface area (Å²) in [6, 6.07) is 15.2. The molecule has 0 fully saturated rings. The minimum atomic E-state index is -1.12. The van der Waals surface area contributed by atoms with Gasteiger partial charge < -0.3 is 24.6 Å². The topological polar surface area (TPSA) is 98.1 Å². The van der Waals surface area contributed by atoms with Gasteiger partial charge in [0, 0.05) is 52.3 Å². The smallest absolute Gasteiger partial charge is 0.227 e. The number of aromatic nitrogens is 2. The van der Waals surface area contributed by atoms with Gasteiger partial charge in [0.05, 0.1) is 37.7 Å². The lowest BCUT2D eigenvalue weighted by atomic mass is 9.94. The fraction of sp³-hybridized carbons (Fsp3) is 0.179. The molecule has 0 amide bonds. The third-order valence-electron chi connectivity index (χ3n) is 6.17. The van der Waals surface area contributed by atoms with Crippen molar-refractivity contribution in [3.05, 3.63) is 93.9 Å². The van der Waals surface area contributed by atoms with E-state index in [0.29, 0.717) is 50.7 Å². The average molecular weight is 535 g/mol. The van der Waals surface area contributed by atoms with E-state index in [1.165, 1.54) is 27.4 Å². The second-order valence-electron chi connectivity index (χ2n) is 8.41. The molecule has 0 radical (unpaired) electrons. The zero-order chi connectivity index (χ0) is 26.8. The number of anilines is 2. The Morgan fingerprint density at radius 3 is 2.58 bits per heavy atom. The highest BCUT2D eigenvalue weighted by Gasteiger charge is 2.25. The van der Waals surface area contributed by atoms with Gasteiger partial charge in [-0.15, -0.1) is 0 Å². The second kappa shape index (κ2) is 10.7. The Morgan fingerprint density at radius 1 is 1.00 bits per heavy atom. The van der Waals surface area contributed by atoms with Gasteiger partial charge >= 0.3 is 0 Å². The quantitative estimate of drug-likeness (QED) is 0.294. The van der Waals surface area contributed by atoms with Crippen molar-refractivity contribution in [2.45, 2.75) is 12.8 Å². The molecule has 3 aromatic carbocycles. The van der Waals surface area contributed by atoms with Gasteiger partial charge in [-0.2, -0.15) is 0 Å². The summed E-state index contributed by atoms with van der Waals surface area (Å²) < 4.78 is 30.9. The summed E-state index contributed by atoms with van der Waals surface area (Å²) in [5, 5.41) is 13.7. The van der Waals surface area contributed by atoms with Gasteiger partial charge in [-0.05, 0) is 36.4 Å². The van der Waals surface area contributed by atoms with E-state index in [-0.39, 0.29) is 12.1 Å². The molecule has 8 nitrogen and oxygen atoms in total. The van der Waals surface area contributed by atoms with E-state index in [4.69, 9.17) is 35.8 Å². The second-order valence-corrected chi connectivity index (χ2v) is 8.85. The lowest BCUT2D eigenvalue weighted by molar-refractivity contribution is -0.0780. The summed E-state index contributed by atoms with van der Waals surface area (Å²) in [6.45, 7) is 0.228. The summed E-state index contributed by atoms with van der Waals surface area (Å²) in [5.41, 5.74) is 4.57. The fourth-order valence-corrected chi connectivity index (χ4v) is 4.52. The van der Waals surface area contributed by atoms with Crippen molar-refractivity contribution in [2.24, 2.45) is 4.99 Å². The molecule has 2 N–H and O–H groups in total. The molecular formula is C28H24ClFN4O4. The van der Waals surface area contributed by atoms with Gasteiger partial charge in [0.25, 0.3) is 0 Å². The number of methoxy groups -OCH3 is 3. The van der Waals surface area contributed by atoms with Crippen molar-refractivity contribution >= 4 is 28.9 Å². The van der Waals surface area contributed by atoms with Crippen LogP contribution in [0.25, 0.3) is 11.3 Å². The van der Waals surface area contributed by atoms with Crippen LogP contribution in [0.5, 0.6) is 11.5 Å². The summed E-state index contributed by atoms with van der Waals surface area (Å²) in [5.74, 6) is 0.684. The fourth-order valence-electron chi connectivity index (χ4n) is 4.35. The van der Waals surface area contributed by atoms with Gasteiger partial charge in [-0.3, -0.25) is 4.99 Å². The molecule has 0 bridgehead atoms. The number of ether oxygens (including phenoxy) is 3. The van der Waals surface area contributed by atoms with Crippen LogP contribution in [0.3, 0.4) is 0 Å². The minimum absolute atomic E-state index is 0.228. The first-order chi connectivity index (χ1) is 18.4. The van der Waals surface area contributed by atoms with Crippen LogP contribution in [0.4, 0.5) is 16.0 Å². The van der Waals surface area contributed by atoms with Crippen molar-refractivity contribution in [1.29, 1.82) is 0 Å². The van der Waals surface area contributed by atoms with Crippen molar-refractivity contribution in [3.63, 3.8) is 0 Å². The SMILES string of the molecule is COc1cc(Nc2ncc3c(n2)-c2ccc(Cl)cc2C(c2c(F)cccc2OC)=NC3)ccc1C(O)OC. The number of benzene rings is 3. The molecule has 0 spiro atoms. The predicted molar refractivity (Wildman–Crippen MR) is 143 cm³/mol. The number of rotatable bonds is 7. The summed E-state index contributed by atoms with van der Waals surface area (Å²) in [7, 11) is 4.40. The third kappa shape index (κ3) is 4.79. The highest BCUT2D eigenvalue weighted by atomic mass is 35.5. The van der Waals surface area contributed by atoms with Gasteiger partial charge in [0.15, 0.2) is 6.29 Å². The average Bonchev–Trinajstić information content (AvgIpc) is 3.08. The van der Waals surface area contributed by atoms with E-state index in [1.54, 1.807) is 48.7 Å². The molecule has 1 aromatic heterocycles. The first kappa shape index (κ1) is 25.6. The maximum atomic E-state index is 15.1. The van der Waals surface area contributed by atoms with Gasteiger partial charge in [0.2, 0.25) is 5.95 Å². The van der Waals surface area contributed by atoms with E-state index in [9.17, 15) is 5.11 Å². The monoisotopic (exact) mass is 534 g/mol. The number of nitrogens with zero attached hydrogens (tertiary/aromatic N) is 3. The number of nitrogens with one attached hydrogen (secondary N) is 1. The van der Waals surface area contributed by atoms with Crippen molar-refractivity contribution < 1.29 is 23.7 Å². The number of halogens is 2. The Kier molecular flexibility index (Phi) is 7.24. The predicted octanol–water partition coefficient (Wildman–Crippen LogP) is 5.69. The first-order valence-corrected chi connectivity index (χ1v) is 12.0. The molecule has 1 aliphatic heterocycles. The van der Waals surface area contributed by atoms with E-state index >= 15 is 4.39 Å². The van der Waals surface area contributed by atoms with Crippen molar-refractivity contribution in [3.8, 4) is 22.8 Å². The van der Waals surface area contributed by atoms with Gasteiger partial charge in [-0.1, -0.05) is 23.7 Å². The largest absolute Gasteiger partial charge is 0.496 e. The van der Waals surface area contributed by atoms with Crippen LogP contribution < -0.4 is 14.8 Å². The van der Waals surface area contributed by atoms with Crippen LogP contribution in [-0.4, -0.2) is 42.1 Å². The van der Waals surface area contributed by atoms with Crippen LogP contribution in [0.1, 0.15) is 28.5 Å². The molecule has 2 heterocycles. The van der Waals surface area contributed by atoms with E-state index in [1.807, 2.05) is 6.07 Å². The van der Waals surface area contributed by atoms with Crippen LogP contribution in [0.2, 0.25) is 5.02 Å². The number of fused-ring (bicyclic) bond motifs is 3. The molecule has 1 aliphatic rings. The van der Waals surface area contributed by atoms with Gasteiger partial charge in [0.1, 0.15) is 17.3 Å². The molecular weight excluding hydrogens is 511 g/mol. The molecule has 10 heteroatoms. The number of hydrogen-bond acceptors (Lipinski definition) is 8. The molecule has 0 saturated heterocycles. The highest BCUT2D eigenvalue weighted by Crippen LogP contribution is 2.36. The standard InChI is InChI=1S/C28H24ClFN4O4/c1-36-22-6-4-5-21(30)24(22)26-20-11-16(29)7-9-18(20)25-15(13-31-26)14-32-28(34-25)33-17-8-10-19(27(35)38-3)23(12-17)37-2/h4-12,14,27,35H,13H2,1-3H3,(H,32,33,34). The van der Waals surface area contributed by atoms with Crippen LogP contribution in [-0.2, 0) is 11.3 Å². The maximum absolute atomic E-state index is 15.1. The molecule has 1 atom stereocenters. The summed E-state index contributed by atoms with van der Waals surface area (Å²) in [6.07, 6.45) is 0.572. The zero-order valence-corrected chi connectivity index (χ0v) is 21.6. The molecule has 0 aliphatic carbocycles.